The molecular formula is C22H20ClN3O4. The molecule has 1 amide bonds. The first-order chi connectivity index (χ1) is 14.4. The standard InChI is InChI=1S/C22H20ClN3O4/c1-13(25-26-18(27)8-5-9-19(28)29)20-21(14-6-3-2-4-7-14)16-12-15(23)10-11-17(16)24-22(20)30/h2-4,6-7,10-12H,5,8-9H2,1H3,(H,24,30)(H,26,27)(H,28,29). The third-order valence-corrected chi connectivity index (χ3v) is 4.78. The normalized spacial score (nSPS) is 11.5. The van der Waals surface area contributed by atoms with Crippen molar-refractivity contribution in [3.63, 3.8) is 0 Å². The van der Waals surface area contributed by atoms with Crippen LogP contribution >= 0.6 is 11.6 Å². The molecule has 0 unspecified atom stereocenters. The van der Waals surface area contributed by atoms with E-state index in [0.29, 0.717) is 27.4 Å². The van der Waals surface area contributed by atoms with Gasteiger partial charge in [-0.3, -0.25) is 14.4 Å². The molecule has 0 radical (unpaired) electrons. The van der Waals surface area contributed by atoms with E-state index < -0.39 is 11.9 Å². The number of benzene rings is 2. The van der Waals surface area contributed by atoms with E-state index in [1.807, 2.05) is 30.3 Å². The molecule has 0 aliphatic heterocycles. The molecule has 0 aliphatic carbocycles. The van der Waals surface area contributed by atoms with Gasteiger partial charge in [0.05, 0.1) is 11.3 Å². The number of H-pyrrole nitrogens is 1. The van der Waals surface area contributed by atoms with Crippen LogP contribution in [-0.4, -0.2) is 27.7 Å². The summed E-state index contributed by atoms with van der Waals surface area (Å²) in [5.41, 5.74) is 4.81. The second kappa shape index (κ2) is 9.37. The highest BCUT2D eigenvalue weighted by Gasteiger charge is 2.17. The number of amides is 1. The van der Waals surface area contributed by atoms with Crippen LogP contribution in [0, 0.1) is 0 Å². The number of hydrogen-bond donors (Lipinski definition) is 3. The molecule has 3 aromatic rings. The van der Waals surface area contributed by atoms with Gasteiger partial charge in [0.1, 0.15) is 0 Å². The number of hydrazone groups is 1. The van der Waals surface area contributed by atoms with Crippen molar-refractivity contribution in [3.05, 3.63) is 69.5 Å². The number of halogens is 1. The lowest BCUT2D eigenvalue weighted by Gasteiger charge is -2.13. The number of rotatable bonds is 7. The van der Waals surface area contributed by atoms with Crippen molar-refractivity contribution in [2.75, 3.05) is 0 Å². The van der Waals surface area contributed by atoms with Gasteiger partial charge in [-0.25, -0.2) is 5.43 Å². The summed E-state index contributed by atoms with van der Waals surface area (Å²) in [5, 5.41) is 14.0. The van der Waals surface area contributed by atoms with Crippen LogP contribution in [0.5, 0.6) is 0 Å². The fourth-order valence-electron chi connectivity index (χ4n) is 3.17. The minimum absolute atomic E-state index is 0.0261. The van der Waals surface area contributed by atoms with Crippen molar-refractivity contribution in [1.82, 2.24) is 10.4 Å². The number of carbonyl (C=O) groups is 2. The third-order valence-electron chi connectivity index (χ3n) is 4.54. The van der Waals surface area contributed by atoms with Crippen molar-refractivity contribution < 1.29 is 14.7 Å². The maximum Gasteiger partial charge on any atom is 0.303 e. The molecule has 154 valence electrons. The molecule has 0 atom stereocenters. The van der Waals surface area contributed by atoms with E-state index in [4.69, 9.17) is 16.7 Å². The zero-order chi connectivity index (χ0) is 21.7. The Morgan fingerprint density at radius 2 is 1.87 bits per heavy atom. The van der Waals surface area contributed by atoms with Crippen molar-refractivity contribution in [2.24, 2.45) is 5.10 Å². The smallest absolute Gasteiger partial charge is 0.303 e. The molecule has 7 nitrogen and oxygen atoms in total. The number of nitrogens with one attached hydrogen (secondary N) is 2. The lowest BCUT2D eigenvalue weighted by molar-refractivity contribution is -0.137. The van der Waals surface area contributed by atoms with E-state index in [2.05, 4.69) is 15.5 Å². The molecule has 0 spiro atoms. The lowest BCUT2D eigenvalue weighted by Crippen LogP contribution is -2.23. The Labute approximate surface area is 177 Å². The molecule has 3 rings (SSSR count). The van der Waals surface area contributed by atoms with E-state index in [1.165, 1.54) is 0 Å². The van der Waals surface area contributed by atoms with E-state index in [0.717, 1.165) is 10.9 Å². The molecule has 0 saturated carbocycles. The number of pyridine rings is 1. The Morgan fingerprint density at radius 1 is 1.13 bits per heavy atom. The number of aromatic nitrogens is 1. The average Bonchev–Trinajstić information content (AvgIpc) is 2.71. The average molecular weight is 426 g/mol. The molecule has 1 aromatic heterocycles. The van der Waals surface area contributed by atoms with Gasteiger partial charge in [-0.05, 0) is 37.1 Å². The summed E-state index contributed by atoms with van der Waals surface area (Å²) in [4.78, 5) is 38.2. The minimum atomic E-state index is -0.962. The predicted molar refractivity (Wildman–Crippen MR) is 117 cm³/mol. The number of carbonyl (C=O) groups excluding carboxylic acids is 1. The van der Waals surface area contributed by atoms with Crippen molar-refractivity contribution >= 4 is 40.1 Å². The van der Waals surface area contributed by atoms with Gasteiger partial charge in [0.2, 0.25) is 5.91 Å². The lowest BCUT2D eigenvalue weighted by atomic mass is 9.94. The Morgan fingerprint density at radius 3 is 2.57 bits per heavy atom. The number of carboxylic acid groups (broad SMARTS) is 1. The zero-order valence-electron chi connectivity index (χ0n) is 16.2. The predicted octanol–water partition coefficient (Wildman–Crippen LogP) is 3.94. The molecule has 0 aliphatic rings. The van der Waals surface area contributed by atoms with E-state index in [9.17, 15) is 14.4 Å². The number of carboxylic acids is 1. The first-order valence-corrected chi connectivity index (χ1v) is 9.71. The quantitative estimate of drug-likeness (QED) is 0.393. The second-order valence-corrected chi connectivity index (χ2v) is 7.18. The summed E-state index contributed by atoms with van der Waals surface area (Å²) in [7, 11) is 0. The van der Waals surface area contributed by atoms with Gasteiger partial charge < -0.3 is 10.1 Å². The third kappa shape index (κ3) is 4.93. The number of aromatic amines is 1. The summed E-state index contributed by atoms with van der Waals surface area (Å²) in [6.45, 7) is 1.63. The number of aliphatic carboxylic acids is 1. The maximum absolute atomic E-state index is 12.9. The summed E-state index contributed by atoms with van der Waals surface area (Å²) in [6, 6.07) is 14.6. The van der Waals surface area contributed by atoms with Gasteiger partial charge in [-0.15, -0.1) is 0 Å². The second-order valence-electron chi connectivity index (χ2n) is 6.74. The highest BCUT2D eigenvalue weighted by molar-refractivity contribution is 6.31. The summed E-state index contributed by atoms with van der Waals surface area (Å²) in [5.74, 6) is -1.38. The van der Waals surface area contributed by atoms with Crippen LogP contribution in [0.3, 0.4) is 0 Å². The first-order valence-electron chi connectivity index (χ1n) is 9.33. The summed E-state index contributed by atoms with van der Waals surface area (Å²) in [6.07, 6.45) is 0.137. The van der Waals surface area contributed by atoms with Crippen molar-refractivity contribution in [1.29, 1.82) is 0 Å². The van der Waals surface area contributed by atoms with Crippen molar-refractivity contribution in [3.8, 4) is 11.1 Å². The van der Waals surface area contributed by atoms with Gasteiger partial charge in [0, 0.05) is 34.3 Å². The first kappa shape index (κ1) is 21.3. The highest BCUT2D eigenvalue weighted by atomic mass is 35.5. The molecule has 1 heterocycles. The molecule has 8 heteroatoms. The molecule has 0 saturated heterocycles. The largest absolute Gasteiger partial charge is 0.481 e. The molecule has 2 aromatic carbocycles. The van der Waals surface area contributed by atoms with Gasteiger partial charge in [-0.1, -0.05) is 41.9 Å². The highest BCUT2D eigenvalue weighted by Crippen LogP contribution is 2.31. The number of hydrogen-bond acceptors (Lipinski definition) is 4. The maximum atomic E-state index is 12.9. The van der Waals surface area contributed by atoms with E-state index >= 15 is 0 Å². The van der Waals surface area contributed by atoms with E-state index in [1.54, 1.807) is 25.1 Å². The summed E-state index contributed by atoms with van der Waals surface area (Å²) < 4.78 is 0. The Bertz CT molecular complexity index is 1190. The van der Waals surface area contributed by atoms with Crippen molar-refractivity contribution in [2.45, 2.75) is 26.2 Å². The van der Waals surface area contributed by atoms with Crippen LogP contribution in [0.1, 0.15) is 31.7 Å². The van der Waals surface area contributed by atoms with Gasteiger partial charge >= 0.3 is 5.97 Å². The minimum Gasteiger partial charge on any atom is -0.481 e. The van der Waals surface area contributed by atoms with Crippen LogP contribution in [0.25, 0.3) is 22.0 Å². The van der Waals surface area contributed by atoms with Gasteiger partial charge in [0.25, 0.3) is 5.56 Å². The van der Waals surface area contributed by atoms with E-state index in [-0.39, 0.29) is 24.8 Å². The number of fused-ring (bicyclic) bond motifs is 1. The summed E-state index contributed by atoms with van der Waals surface area (Å²) >= 11 is 6.20. The Balaban J connectivity index is 2.04. The topological polar surface area (TPSA) is 112 Å². The molecule has 30 heavy (non-hydrogen) atoms. The van der Waals surface area contributed by atoms with Crippen LogP contribution in [0.4, 0.5) is 0 Å². The molecule has 0 fully saturated rings. The van der Waals surface area contributed by atoms with Gasteiger partial charge in [-0.2, -0.15) is 5.10 Å². The SMILES string of the molecule is CC(=NNC(=O)CCCC(=O)O)c1c(-c2ccccc2)c2cc(Cl)ccc2[nH]c1=O. The Kier molecular flexibility index (Phi) is 6.64. The fraction of sp³-hybridized carbons (Fsp3) is 0.182. The molecule has 3 N–H and O–H groups in total. The zero-order valence-corrected chi connectivity index (χ0v) is 17.0. The fourth-order valence-corrected chi connectivity index (χ4v) is 3.35. The molecular weight excluding hydrogens is 406 g/mol. The molecule has 0 bridgehead atoms. The van der Waals surface area contributed by atoms with Crippen LogP contribution in [0.2, 0.25) is 5.02 Å². The van der Waals surface area contributed by atoms with Crippen LogP contribution in [0.15, 0.2) is 58.4 Å². The Hall–Kier alpha value is -3.45. The van der Waals surface area contributed by atoms with Crippen LogP contribution < -0.4 is 11.0 Å². The monoisotopic (exact) mass is 425 g/mol. The van der Waals surface area contributed by atoms with Gasteiger partial charge in [0.15, 0.2) is 0 Å². The van der Waals surface area contributed by atoms with Crippen LogP contribution in [-0.2, 0) is 9.59 Å². The number of nitrogens with zero attached hydrogens (tertiary/aromatic N) is 1.